The van der Waals surface area contributed by atoms with Gasteiger partial charge in [-0.1, -0.05) is 13.8 Å². The molecule has 1 saturated heterocycles. The van der Waals surface area contributed by atoms with Gasteiger partial charge in [-0.3, -0.25) is 4.79 Å². The highest BCUT2D eigenvalue weighted by atomic mass is 16.5. The van der Waals surface area contributed by atoms with E-state index in [0.29, 0.717) is 18.2 Å². The van der Waals surface area contributed by atoms with Gasteiger partial charge in [-0.2, -0.15) is 0 Å². The molecule has 1 fully saturated rings. The molecule has 1 amide bonds. The van der Waals surface area contributed by atoms with Crippen molar-refractivity contribution in [2.24, 2.45) is 5.92 Å². The number of hydrogen-bond acceptors (Lipinski definition) is 4. The lowest BCUT2D eigenvalue weighted by Gasteiger charge is -2.32. The summed E-state index contributed by atoms with van der Waals surface area (Å²) in [6.45, 7) is 6.33. The normalized spacial score (nSPS) is 19.4. The number of hydrogen-bond donors (Lipinski definition) is 0. The molecule has 0 radical (unpaired) electrons. The van der Waals surface area contributed by atoms with E-state index in [2.05, 4.69) is 9.97 Å². The number of aromatic nitrogens is 2. The van der Waals surface area contributed by atoms with Crippen LogP contribution in [0.3, 0.4) is 0 Å². The number of carbonyl (C=O) groups is 1. The van der Waals surface area contributed by atoms with Crippen molar-refractivity contribution >= 4 is 5.91 Å². The molecule has 0 N–H and O–H groups in total. The summed E-state index contributed by atoms with van der Waals surface area (Å²) in [5.41, 5.74) is 0.502. The Bertz CT molecular complexity index is 460. The number of nitrogens with zero attached hydrogens (tertiary/aromatic N) is 3. The van der Waals surface area contributed by atoms with Gasteiger partial charge in [0.2, 0.25) is 0 Å². The molecule has 1 atom stereocenters. The summed E-state index contributed by atoms with van der Waals surface area (Å²) in [5, 5.41) is 0. The number of amides is 1. The van der Waals surface area contributed by atoms with Crippen LogP contribution in [0, 0.1) is 5.92 Å². The van der Waals surface area contributed by atoms with E-state index in [1.54, 1.807) is 19.4 Å². The van der Waals surface area contributed by atoms with E-state index in [1.807, 2.05) is 18.7 Å². The topological polar surface area (TPSA) is 55.3 Å². The molecule has 0 aromatic carbocycles. The van der Waals surface area contributed by atoms with Crippen LogP contribution in [0.5, 0.6) is 0 Å². The number of piperidine rings is 1. The Kier molecular flexibility index (Phi) is 5.06. The third kappa shape index (κ3) is 3.54. The number of rotatable bonds is 4. The zero-order valence-electron chi connectivity index (χ0n) is 12.5. The SMILES string of the molecule is COC[C@@H]1CCCN(C(=O)c2ccnc(C(C)C)n2)C1. The van der Waals surface area contributed by atoms with Crippen molar-refractivity contribution in [3.63, 3.8) is 0 Å². The van der Waals surface area contributed by atoms with Gasteiger partial charge in [-0.05, 0) is 24.8 Å². The Morgan fingerprint density at radius 2 is 2.35 bits per heavy atom. The standard InChI is InChI=1S/C15H23N3O2/c1-11(2)14-16-7-6-13(17-14)15(19)18-8-4-5-12(9-18)10-20-3/h6-7,11-12H,4-5,8-10H2,1-3H3/t12-/m1/s1. The summed E-state index contributed by atoms with van der Waals surface area (Å²) >= 11 is 0. The predicted octanol–water partition coefficient (Wildman–Crippen LogP) is 2.10. The first-order valence-corrected chi connectivity index (χ1v) is 7.23. The second-order valence-electron chi connectivity index (χ2n) is 5.67. The lowest BCUT2D eigenvalue weighted by atomic mass is 9.98. The third-order valence-electron chi connectivity index (χ3n) is 3.62. The minimum absolute atomic E-state index is 0.00935. The minimum atomic E-state index is 0.00935. The summed E-state index contributed by atoms with van der Waals surface area (Å²) < 4.78 is 5.20. The van der Waals surface area contributed by atoms with Crippen LogP contribution in [0.1, 0.15) is 48.9 Å². The van der Waals surface area contributed by atoms with Crippen LogP contribution in [0.4, 0.5) is 0 Å². The van der Waals surface area contributed by atoms with Crippen LogP contribution >= 0.6 is 0 Å². The molecular weight excluding hydrogens is 254 g/mol. The number of ether oxygens (including phenoxy) is 1. The first-order valence-electron chi connectivity index (χ1n) is 7.23. The fraction of sp³-hybridized carbons (Fsp3) is 0.667. The van der Waals surface area contributed by atoms with E-state index in [1.165, 1.54) is 0 Å². The Hall–Kier alpha value is -1.49. The van der Waals surface area contributed by atoms with Crippen molar-refractivity contribution in [2.45, 2.75) is 32.6 Å². The highest BCUT2D eigenvalue weighted by molar-refractivity contribution is 5.92. The maximum atomic E-state index is 12.5. The van der Waals surface area contributed by atoms with Crippen LogP contribution in [-0.2, 0) is 4.74 Å². The Morgan fingerprint density at radius 3 is 3.05 bits per heavy atom. The van der Waals surface area contributed by atoms with E-state index in [9.17, 15) is 4.79 Å². The molecule has 5 heteroatoms. The molecular formula is C15H23N3O2. The quantitative estimate of drug-likeness (QED) is 0.845. The fourth-order valence-corrected chi connectivity index (χ4v) is 2.55. The summed E-state index contributed by atoms with van der Waals surface area (Å²) in [4.78, 5) is 23.0. The summed E-state index contributed by atoms with van der Waals surface area (Å²) in [7, 11) is 1.71. The van der Waals surface area contributed by atoms with Gasteiger partial charge in [0.05, 0.1) is 6.61 Å². The molecule has 0 saturated carbocycles. The lowest BCUT2D eigenvalue weighted by Crippen LogP contribution is -2.41. The van der Waals surface area contributed by atoms with Crippen LogP contribution in [0.15, 0.2) is 12.3 Å². The van der Waals surface area contributed by atoms with Crippen LogP contribution in [0.25, 0.3) is 0 Å². The monoisotopic (exact) mass is 277 g/mol. The number of methoxy groups -OCH3 is 1. The van der Waals surface area contributed by atoms with Crippen molar-refractivity contribution in [3.05, 3.63) is 23.8 Å². The second-order valence-corrected chi connectivity index (χ2v) is 5.67. The van der Waals surface area contributed by atoms with Gasteiger partial charge in [-0.25, -0.2) is 9.97 Å². The Balaban J connectivity index is 2.08. The van der Waals surface area contributed by atoms with Gasteiger partial charge in [-0.15, -0.1) is 0 Å². The smallest absolute Gasteiger partial charge is 0.272 e. The average molecular weight is 277 g/mol. The molecule has 2 heterocycles. The van der Waals surface area contributed by atoms with Crippen LogP contribution in [-0.4, -0.2) is 47.6 Å². The zero-order chi connectivity index (χ0) is 14.5. The zero-order valence-corrected chi connectivity index (χ0v) is 12.5. The van der Waals surface area contributed by atoms with Gasteiger partial charge < -0.3 is 9.64 Å². The molecule has 2 rings (SSSR count). The predicted molar refractivity (Wildman–Crippen MR) is 76.6 cm³/mol. The molecule has 110 valence electrons. The van der Waals surface area contributed by atoms with Gasteiger partial charge in [0.1, 0.15) is 11.5 Å². The van der Waals surface area contributed by atoms with E-state index in [4.69, 9.17) is 4.74 Å². The van der Waals surface area contributed by atoms with Gasteiger partial charge in [0, 0.05) is 32.3 Å². The molecule has 1 aliphatic heterocycles. The Morgan fingerprint density at radius 1 is 1.55 bits per heavy atom. The maximum Gasteiger partial charge on any atom is 0.272 e. The summed E-state index contributed by atoms with van der Waals surface area (Å²) in [6, 6.07) is 1.70. The van der Waals surface area contributed by atoms with E-state index < -0.39 is 0 Å². The van der Waals surface area contributed by atoms with Crippen molar-refractivity contribution in [1.82, 2.24) is 14.9 Å². The summed E-state index contributed by atoms with van der Waals surface area (Å²) in [6.07, 6.45) is 3.83. The Labute approximate surface area is 120 Å². The molecule has 0 unspecified atom stereocenters. The van der Waals surface area contributed by atoms with Gasteiger partial charge in [0.15, 0.2) is 0 Å². The minimum Gasteiger partial charge on any atom is -0.384 e. The molecule has 0 spiro atoms. The van der Waals surface area contributed by atoms with Crippen molar-refractivity contribution in [3.8, 4) is 0 Å². The number of carbonyl (C=O) groups excluding carboxylic acids is 1. The van der Waals surface area contributed by atoms with Crippen molar-refractivity contribution in [1.29, 1.82) is 0 Å². The first-order chi connectivity index (χ1) is 9.61. The third-order valence-corrected chi connectivity index (χ3v) is 3.62. The molecule has 0 aliphatic carbocycles. The second kappa shape index (κ2) is 6.79. The molecule has 20 heavy (non-hydrogen) atoms. The number of likely N-dealkylation sites (tertiary alicyclic amines) is 1. The van der Waals surface area contributed by atoms with E-state index >= 15 is 0 Å². The lowest BCUT2D eigenvalue weighted by molar-refractivity contribution is 0.0565. The highest BCUT2D eigenvalue weighted by Gasteiger charge is 2.25. The van der Waals surface area contributed by atoms with E-state index in [0.717, 1.165) is 31.8 Å². The first kappa shape index (κ1) is 14.9. The van der Waals surface area contributed by atoms with Crippen molar-refractivity contribution < 1.29 is 9.53 Å². The molecule has 1 aromatic rings. The summed E-state index contributed by atoms with van der Waals surface area (Å²) in [5.74, 6) is 1.39. The fourth-order valence-electron chi connectivity index (χ4n) is 2.55. The van der Waals surface area contributed by atoms with Crippen molar-refractivity contribution in [2.75, 3.05) is 26.8 Å². The average Bonchev–Trinajstić information content (AvgIpc) is 2.47. The molecule has 5 nitrogen and oxygen atoms in total. The maximum absolute atomic E-state index is 12.5. The molecule has 1 aliphatic rings. The largest absolute Gasteiger partial charge is 0.384 e. The van der Waals surface area contributed by atoms with Gasteiger partial charge in [0.25, 0.3) is 5.91 Å². The van der Waals surface area contributed by atoms with E-state index in [-0.39, 0.29) is 11.8 Å². The van der Waals surface area contributed by atoms with Crippen LogP contribution < -0.4 is 0 Å². The van der Waals surface area contributed by atoms with Gasteiger partial charge >= 0.3 is 0 Å². The van der Waals surface area contributed by atoms with Crippen LogP contribution in [0.2, 0.25) is 0 Å². The highest BCUT2D eigenvalue weighted by Crippen LogP contribution is 2.18. The molecule has 1 aromatic heterocycles. The molecule has 0 bridgehead atoms.